The maximum absolute atomic E-state index is 9.31. The summed E-state index contributed by atoms with van der Waals surface area (Å²) in [5.74, 6) is 3.60. The predicted octanol–water partition coefficient (Wildman–Crippen LogP) is 2.57. The molecule has 1 aromatic rings. The number of aliphatic hydroxyl groups excluding tert-OH is 1. The van der Waals surface area contributed by atoms with Gasteiger partial charge in [-0.3, -0.25) is 0 Å². The highest BCUT2D eigenvalue weighted by Crippen LogP contribution is 2.23. The lowest BCUT2D eigenvalue weighted by Gasteiger charge is -2.21. The highest BCUT2D eigenvalue weighted by atomic mass is 79.9. The van der Waals surface area contributed by atoms with Gasteiger partial charge in [-0.05, 0) is 24.1 Å². The molecule has 0 unspecified atom stereocenters. The molecular weight excluding hydrogens is 306 g/mol. The summed E-state index contributed by atoms with van der Waals surface area (Å²) in [5, 5.41) is 12.6. The summed E-state index contributed by atoms with van der Waals surface area (Å²) in [7, 11) is 0. The van der Waals surface area contributed by atoms with Crippen LogP contribution in [0.2, 0.25) is 0 Å². The van der Waals surface area contributed by atoms with E-state index in [2.05, 4.69) is 41.0 Å². The van der Waals surface area contributed by atoms with Crippen molar-refractivity contribution in [1.82, 2.24) is 5.32 Å². The molecule has 3 nitrogen and oxygen atoms in total. The lowest BCUT2D eigenvalue weighted by molar-refractivity contribution is 0.209. The molecule has 0 radical (unpaired) electrons. The van der Waals surface area contributed by atoms with Gasteiger partial charge in [-0.2, -0.15) is 0 Å². The van der Waals surface area contributed by atoms with E-state index in [9.17, 15) is 5.11 Å². The Morgan fingerprint density at radius 2 is 2.21 bits per heavy atom. The van der Waals surface area contributed by atoms with Gasteiger partial charge in [-0.15, -0.1) is 6.42 Å². The summed E-state index contributed by atoms with van der Waals surface area (Å²) in [6.45, 7) is 5.15. The summed E-state index contributed by atoms with van der Waals surface area (Å²) in [6, 6.07) is 5.87. The number of halogens is 1. The zero-order valence-electron chi connectivity index (χ0n) is 11.3. The van der Waals surface area contributed by atoms with E-state index in [-0.39, 0.29) is 19.3 Å². The molecule has 0 aliphatic carbocycles. The second-order valence-corrected chi connectivity index (χ2v) is 5.57. The molecule has 19 heavy (non-hydrogen) atoms. The van der Waals surface area contributed by atoms with Gasteiger partial charge >= 0.3 is 0 Å². The fraction of sp³-hybridized carbons (Fsp3) is 0.467. The molecule has 0 bridgehead atoms. The van der Waals surface area contributed by atoms with Gasteiger partial charge in [0.05, 0.1) is 6.61 Å². The van der Waals surface area contributed by atoms with Crippen LogP contribution in [0.15, 0.2) is 22.7 Å². The molecule has 0 aliphatic heterocycles. The van der Waals surface area contributed by atoms with Crippen LogP contribution < -0.4 is 10.1 Å². The topological polar surface area (TPSA) is 41.5 Å². The molecule has 1 atom stereocenters. The van der Waals surface area contributed by atoms with Gasteiger partial charge in [-0.1, -0.05) is 35.7 Å². The van der Waals surface area contributed by atoms with Gasteiger partial charge in [0.25, 0.3) is 0 Å². The Hall–Kier alpha value is -1.02. The Balaban J connectivity index is 2.75. The van der Waals surface area contributed by atoms with Crippen LogP contribution in [-0.4, -0.2) is 24.4 Å². The largest absolute Gasteiger partial charge is 0.481 e. The van der Waals surface area contributed by atoms with E-state index in [1.165, 1.54) is 0 Å². The third-order valence-electron chi connectivity index (χ3n) is 2.89. The Kier molecular flexibility index (Phi) is 6.93. The first-order valence-electron chi connectivity index (χ1n) is 6.27. The van der Waals surface area contributed by atoms with Crippen molar-refractivity contribution in [1.29, 1.82) is 0 Å². The molecule has 1 aromatic carbocycles. The molecule has 104 valence electrons. The van der Waals surface area contributed by atoms with Crippen molar-refractivity contribution >= 4 is 15.9 Å². The molecule has 4 heteroatoms. The summed E-state index contributed by atoms with van der Waals surface area (Å²) >= 11 is 3.44. The number of ether oxygens (including phenoxy) is 1. The van der Waals surface area contributed by atoms with E-state index in [0.29, 0.717) is 12.5 Å². The standard InChI is InChI=1S/C15H20BrNO2/c1-4-7-19-15-6-5-13(16)8-12(15)9-17-14(10-18)11(2)3/h1,5-6,8,11,14,17-18H,7,9-10H2,2-3H3/t14-/m1/s1. The van der Waals surface area contributed by atoms with Crippen LogP contribution in [0, 0.1) is 18.3 Å². The minimum atomic E-state index is 0.0689. The van der Waals surface area contributed by atoms with E-state index in [1.54, 1.807) is 0 Å². The van der Waals surface area contributed by atoms with Crippen LogP contribution in [0.3, 0.4) is 0 Å². The van der Waals surface area contributed by atoms with Crippen LogP contribution in [0.1, 0.15) is 19.4 Å². The normalized spacial score (nSPS) is 12.2. The minimum absolute atomic E-state index is 0.0689. The summed E-state index contributed by atoms with van der Waals surface area (Å²) in [6.07, 6.45) is 5.21. The molecule has 0 saturated heterocycles. The third kappa shape index (κ3) is 5.23. The number of hydrogen-bond donors (Lipinski definition) is 2. The molecule has 2 N–H and O–H groups in total. The van der Waals surface area contributed by atoms with Crippen LogP contribution in [0.25, 0.3) is 0 Å². The second kappa shape index (κ2) is 8.21. The highest BCUT2D eigenvalue weighted by Gasteiger charge is 2.12. The highest BCUT2D eigenvalue weighted by molar-refractivity contribution is 9.10. The van der Waals surface area contributed by atoms with Gasteiger partial charge in [0.1, 0.15) is 12.4 Å². The average Bonchev–Trinajstić information content (AvgIpc) is 2.38. The van der Waals surface area contributed by atoms with Crippen molar-refractivity contribution in [2.24, 2.45) is 5.92 Å². The average molecular weight is 326 g/mol. The molecule has 0 heterocycles. The van der Waals surface area contributed by atoms with E-state index in [0.717, 1.165) is 15.8 Å². The van der Waals surface area contributed by atoms with Crippen LogP contribution in [0.5, 0.6) is 5.75 Å². The number of terminal acetylenes is 1. The second-order valence-electron chi connectivity index (χ2n) is 4.66. The number of rotatable bonds is 7. The van der Waals surface area contributed by atoms with Gasteiger partial charge < -0.3 is 15.2 Å². The number of benzene rings is 1. The Bertz CT molecular complexity index is 440. The smallest absolute Gasteiger partial charge is 0.148 e. The molecule has 0 amide bonds. The molecule has 0 fully saturated rings. The van der Waals surface area contributed by atoms with Crippen LogP contribution in [-0.2, 0) is 6.54 Å². The molecule has 0 saturated carbocycles. The molecule has 0 spiro atoms. The molecule has 0 aliphatic rings. The lowest BCUT2D eigenvalue weighted by atomic mass is 10.0. The quantitative estimate of drug-likeness (QED) is 0.757. The van der Waals surface area contributed by atoms with Gasteiger partial charge in [0, 0.05) is 22.6 Å². The van der Waals surface area contributed by atoms with Gasteiger partial charge in [0.15, 0.2) is 0 Å². The minimum Gasteiger partial charge on any atom is -0.481 e. The van der Waals surface area contributed by atoms with Crippen LogP contribution in [0.4, 0.5) is 0 Å². The Morgan fingerprint density at radius 3 is 2.79 bits per heavy atom. The molecule has 0 aromatic heterocycles. The first-order valence-corrected chi connectivity index (χ1v) is 7.06. The fourth-order valence-electron chi connectivity index (χ4n) is 1.70. The van der Waals surface area contributed by atoms with E-state index >= 15 is 0 Å². The van der Waals surface area contributed by atoms with E-state index < -0.39 is 0 Å². The van der Waals surface area contributed by atoms with Crippen molar-refractivity contribution in [3.8, 4) is 18.1 Å². The maximum Gasteiger partial charge on any atom is 0.148 e. The summed E-state index contributed by atoms with van der Waals surface area (Å²) in [5.41, 5.74) is 1.02. The van der Waals surface area contributed by atoms with E-state index in [4.69, 9.17) is 11.2 Å². The van der Waals surface area contributed by atoms with Gasteiger partial charge in [0.2, 0.25) is 0 Å². The SMILES string of the molecule is C#CCOc1ccc(Br)cc1CN[C@H](CO)C(C)C. The summed E-state index contributed by atoms with van der Waals surface area (Å²) in [4.78, 5) is 0. The monoisotopic (exact) mass is 325 g/mol. The zero-order chi connectivity index (χ0) is 14.3. The van der Waals surface area contributed by atoms with Crippen molar-refractivity contribution in [2.45, 2.75) is 26.4 Å². The first kappa shape index (κ1) is 16.0. The number of hydrogen-bond acceptors (Lipinski definition) is 3. The Morgan fingerprint density at radius 1 is 1.47 bits per heavy atom. The first-order chi connectivity index (χ1) is 9.08. The van der Waals surface area contributed by atoms with E-state index in [1.807, 2.05) is 18.2 Å². The van der Waals surface area contributed by atoms with Gasteiger partial charge in [-0.25, -0.2) is 0 Å². The molecular formula is C15H20BrNO2. The Labute approximate surface area is 123 Å². The predicted molar refractivity (Wildman–Crippen MR) is 81.0 cm³/mol. The van der Waals surface area contributed by atoms with Crippen molar-refractivity contribution < 1.29 is 9.84 Å². The maximum atomic E-state index is 9.31. The number of aliphatic hydroxyl groups is 1. The summed E-state index contributed by atoms with van der Waals surface area (Å²) < 4.78 is 6.50. The zero-order valence-corrected chi connectivity index (χ0v) is 12.9. The number of nitrogens with one attached hydrogen (secondary N) is 1. The lowest BCUT2D eigenvalue weighted by Crippen LogP contribution is -2.36. The molecule has 1 rings (SSSR count). The third-order valence-corrected chi connectivity index (χ3v) is 3.38. The fourth-order valence-corrected chi connectivity index (χ4v) is 2.11. The van der Waals surface area contributed by atoms with Crippen LogP contribution >= 0.6 is 15.9 Å². The van der Waals surface area contributed by atoms with Crippen molar-refractivity contribution in [3.63, 3.8) is 0 Å². The van der Waals surface area contributed by atoms with Crippen molar-refractivity contribution in [3.05, 3.63) is 28.2 Å². The van der Waals surface area contributed by atoms with Crippen molar-refractivity contribution in [2.75, 3.05) is 13.2 Å².